The Labute approximate surface area is 144 Å². The number of aliphatic hydroxyl groups is 1. The second-order valence-corrected chi connectivity index (χ2v) is 6.80. The Balaban J connectivity index is 1.37. The number of β-amino-alcohol motifs (C(OH)–C–C–N with tert-alkyl or cyclic N) is 1. The zero-order valence-corrected chi connectivity index (χ0v) is 14.6. The van der Waals surface area contributed by atoms with E-state index in [0.717, 1.165) is 76.9 Å². The summed E-state index contributed by atoms with van der Waals surface area (Å²) in [6, 6.07) is 5.88. The molecule has 0 saturated carbocycles. The first-order chi connectivity index (χ1) is 11.7. The number of aryl methyl sites for hydroxylation is 1. The van der Waals surface area contributed by atoms with Crippen LogP contribution in [0.2, 0.25) is 0 Å². The largest absolute Gasteiger partial charge is 0.474 e. The number of aromatic nitrogens is 1. The third kappa shape index (κ3) is 5.41. The number of nitrogens with zero attached hydrogens (tertiary/aromatic N) is 3. The summed E-state index contributed by atoms with van der Waals surface area (Å²) in [5, 5.41) is 10.3. The second kappa shape index (κ2) is 8.76. The predicted molar refractivity (Wildman–Crippen MR) is 92.3 cm³/mol. The first kappa shape index (κ1) is 17.6. The number of hydrogen-bond acceptors (Lipinski definition) is 6. The van der Waals surface area contributed by atoms with Gasteiger partial charge in [-0.3, -0.25) is 4.90 Å². The number of piperidine rings is 1. The topological polar surface area (TPSA) is 58.1 Å². The zero-order valence-electron chi connectivity index (χ0n) is 14.6. The smallest absolute Gasteiger partial charge is 0.213 e. The Morgan fingerprint density at radius 3 is 2.50 bits per heavy atom. The van der Waals surface area contributed by atoms with E-state index in [0.29, 0.717) is 0 Å². The van der Waals surface area contributed by atoms with Crippen molar-refractivity contribution in [3.05, 3.63) is 23.9 Å². The van der Waals surface area contributed by atoms with Gasteiger partial charge in [0.25, 0.3) is 0 Å². The van der Waals surface area contributed by atoms with Gasteiger partial charge in [0.05, 0.1) is 19.3 Å². The maximum atomic E-state index is 10.3. The van der Waals surface area contributed by atoms with Crippen molar-refractivity contribution < 1.29 is 14.6 Å². The molecule has 3 rings (SSSR count). The van der Waals surface area contributed by atoms with Gasteiger partial charge in [0.2, 0.25) is 5.88 Å². The van der Waals surface area contributed by atoms with Gasteiger partial charge in [-0.15, -0.1) is 0 Å². The fraction of sp³-hybridized carbons (Fsp3) is 0.722. The molecule has 134 valence electrons. The van der Waals surface area contributed by atoms with E-state index in [1.165, 1.54) is 0 Å². The summed E-state index contributed by atoms with van der Waals surface area (Å²) >= 11 is 0. The highest BCUT2D eigenvalue weighted by molar-refractivity contribution is 5.15. The Morgan fingerprint density at radius 2 is 1.83 bits per heavy atom. The lowest BCUT2D eigenvalue weighted by Crippen LogP contribution is -2.47. The molecule has 2 saturated heterocycles. The van der Waals surface area contributed by atoms with Gasteiger partial charge in [0, 0.05) is 51.0 Å². The van der Waals surface area contributed by atoms with Gasteiger partial charge < -0.3 is 19.5 Å². The lowest BCUT2D eigenvalue weighted by molar-refractivity contribution is 0.00129. The van der Waals surface area contributed by atoms with Crippen molar-refractivity contribution in [1.29, 1.82) is 0 Å². The molecule has 1 unspecified atom stereocenters. The lowest BCUT2D eigenvalue weighted by atomic mass is 10.1. The minimum atomic E-state index is -0.293. The molecule has 6 heteroatoms. The van der Waals surface area contributed by atoms with Gasteiger partial charge in [-0.05, 0) is 25.8 Å². The van der Waals surface area contributed by atoms with Crippen LogP contribution in [0.4, 0.5) is 0 Å². The van der Waals surface area contributed by atoms with Crippen LogP contribution in [0.3, 0.4) is 0 Å². The van der Waals surface area contributed by atoms with Gasteiger partial charge in [0.15, 0.2) is 0 Å². The monoisotopic (exact) mass is 335 g/mol. The summed E-state index contributed by atoms with van der Waals surface area (Å²) in [7, 11) is 0. The van der Waals surface area contributed by atoms with Crippen LogP contribution in [0.1, 0.15) is 18.5 Å². The SMILES string of the molecule is Cc1cccc(OC2CCN(CC(O)CN3CCOCC3)CC2)n1. The summed E-state index contributed by atoms with van der Waals surface area (Å²) < 4.78 is 11.3. The van der Waals surface area contributed by atoms with Crippen LogP contribution < -0.4 is 4.74 Å². The maximum Gasteiger partial charge on any atom is 0.213 e. The Kier molecular flexibility index (Phi) is 6.43. The zero-order chi connectivity index (χ0) is 16.8. The third-order valence-corrected chi connectivity index (χ3v) is 4.73. The molecule has 2 fully saturated rings. The van der Waals surface area contributed by atoms with Crippen molar-refractivity contribution in [1.82, 2.24) is 14.8 Å². The summed E-state index contributed by atoms with van der Waals surface area (Å²) in [6.07, 6.45) is 1.91. The molecule has 0 aromatic carbocycles. The van der Waals surface area contributed by atoms with E-state index in [9.17, 15) is 5.11 Å². The van der Waals surface area contributed by atoms with Crippen LogP contribution in [-0.4, -0.2) is 84.6 Å². The van der Waals surface area contributed by atoms with Gasteiger partial charge >= 0.3 is 0 Å². The molecule has 1 N–H and O–H groups in total. The van der Waals surface area contributed by atoms with E-state index < -0.39 is 0 Å². The van der Waals surface area contributed by atoms with E-state index in [1.807, 2.05) is 25.1 Å². The molecule has 1 aromatic heterocycles. The van der Waals surface area contributed by atoms with E-state index >= 15 is 0 Å². The molecule has 0 amide bonds. The molecule has 2 aliphatic heterocycles. The highest BCUT2D eigenvalue weighted by Gasteiger charge is 2.23. The predicted octanol–water partition coefficient (Wildman–Crippen LogP) is 0.926. The minimum Gasteiger partial charge on any atom is -0.474 e. The molecule has 3 heterocycles. The van der Waals surface area contributed by atoms with Gasteiger partial charge in [-0.1, -0.05) is 6.07 Å². The molecule has 1 aromatic rings. The second-order valence-electron chi connectivity index (χ2n) is 6.80. The molecular weight excluding hydrogens is 306 g/mol. The van der Waals surface area contributed by atoms with Crippen molar-refractivity contribution >= 4 is 0 Å². The highest BCUT2D eigenvalue weighted by Crippen LogP contribution is 2.18. The average molecular weight is 335 g/mol. The number of pyridine rings is 1. The minimum absolute atomic E-state index is 0.229. The maximum absolute atomic E-state index is 10.3. The fourth-order valence-electron chi connectivity index (χ4n) is 3.40. The first-order valence-electron chi connectivity index (χ1n) is 9.00. The Morgan fingerprint density at radius 1 is 1.17 bits per heavy atom. The summed E-state index contributed by atoms with van der Waals surface area (Å²) in [4.78, 5) is 9.04. The quantitative estimate of drug-likeness (QED) is 0.834. The number of hydrogen-bond donors (Lipinski definition) is 1. The van der Waals surface area contributed by atoms with Crippen LogP contribution in [0, 0.1) is 6.92 Å². The fourth-order valence-corrected chi connectivity index (χ4v) is 3.40. The van der Waals surface area contributed by atoms with E-state index in [-0.39, 0.29) is 12.2 Å². The van der Waals surface area contributed by atoms with Gasteiger partial charge in [-0.2, -0.15) is 0 Å². The molecule has 2 aliphatic rings. The number of likely N-dealkylation sites (tertiary alicyclic amines) is 1. The molecule has 0 radical (unpaired) electrons. The van der Waals surface area contributed by atoms with Crippen LogP contribution >= 0.6 is 0 Å². The number of rotatable bonds is 6. The van der Waals surface area contributed by atoms with Crippen LogP contribution in [0.25, 0.3) is 0 Å². The summed E-state index contributed by atoms with van der Waals surface area (Å²) in [5.74, 6) is 0.723. The van der Waals surface area contributed by atoms with Crippen LogP contribution in [-0.2, 0) is 4.74 Å². The highest BCUT2D eigenvalue weighted by atomic mass is 16.5. The molecule has 6 nitrogen and oxygen atoms in total. The molecular formula is C18H29N3O3. The molecule has 24 heavy (non-hydrogen) atoms. The Bertz CT molecular complexity index is 500. The number of aliphatic hydroxyl groups excluding tert-OH is 1. The number of morpholine rings is 1. The standard InChI is InChI=1S/C18H29N3O3/c1-15-3-2-4-18(19-15)24-17-5-7-20(8-6-17)13-16(22)14-21-9-11-23-12-10-21/h2-4,16-17,22H,5-14H2,1H3. The third-order valence-electron chi connectivity index (χ3n) is 4.73. The summed E-state index contributed by atoms with van der Waals surface area (Å²) in [5.41, 5.74) is 0.983. The van der Waals surface area contributed by atoms with Crippen molar-refractivity contribution in [2.24, 2.45) is 0 Å². The normalized spacial score (nSPS) is 22.4. The van der Waals surface area contributed by atoms with E-state index in [2.05, 4.69) is 14.8 Å². The van der Waals surface area contributed by atoms with E-state index in [1.54, 1.807) is 0 Å². The first-order valence-corrected chi connectivity index (χ1v) is 9.00. The van der Waals surface area contributed by atoms with Gasteiger partial charge in [0.1, 0.15) is 6.10 Å². The van der Waals surface area contributed by atoms with Crippen molar-refractivity contribution in [2.75, 3.05) is 52.5 Å². The number of ether oxygens (including phenoxy) is 2. The van der Waals surface area contributed by atoms with Crippen molar-refractivity contribution in [3.8, 4) is 5.88 Å². The summed E-state index contributed by atoms with van der Waals surface area (Å²) in [6.45, 7) is 8.82. The van der Waals surface area contributed by atoms with Crippen LogP contribution in [0.15, 0.2) is 18.2 Å². The molecule has 1 atom stereocenters. The average Bonchev–Trinajstić information content (AvgIpc) is 2.57. The molecule has 0 spiro atoms. The Hall–Kier alpha value is -1.21. The molecule has 0 bridgehead atoms. The van der Waals surface area contributed by atoms with Crippen LogP contribution in [0.5, 0.6) is 5.88 Å². The van der Waals surface area contributed by atoms with Crippen molar-refractivity contribution in [3.63, 3.8) is 0 Å². The van der Waals surface area contributed by atoms with E-state index in [4.69, 9.17) is 9.47 Å². The lowest BCUT2D eigenvalue weighted by Gasteiger charge is -2.34. The van der Waals surface area contributed by atoms with Crippen molar-refractivity contribution in [2.45, 2.75) is 32.0 Å². The molecule has 0 aliphatic carbocycles. The van der Waals surface area contributed by atoms with Gasteiger partial charge in [-0.25, -0.2) is 4.98 Å².